The number of nitrogens with one attached hydrogen (secondary N) is 2. The minimum Gasteiger partial charge on any atom is -0.316 e. The molecule has 0 bridgehead atoms. The van der Waals surface area contributed by atoms with Gasteiger partial charge in [0.1, 0.15) is 0 Å². The lowest BCUT2D eigenvalue weighted by molar-refractivity contribution is 0.537. The van der Waals surface area contributed by atoms with E-state index in [0.717, 1.165) is 30.5 Å². The third-order valence-electron chi connectivity index (χ3n) is 3.46. The van der Waals surface area contributed by atoms with Crippen LogP contribution in [0.1, 0.15) is 30.9 Å². The van der Waals surface area contributed by atoms with Crippen molar-refractivity contribution in [2.45, 2.75) is 38.1 Å². The summed E-state index contributed by atoms with van der Waals surface area (Å²) in [6.45, 7) is 2.75. The molecule has 1 unspecified atom stereocenters. The molecule has 1 saturated carbocycles. The van der Waals surface area contributed by atoms with Gasteiger partial charge in [0.25, 0.3) is 0 Å². The molecule has 19 heavy (non-hydrogen) atoms. The zero-order valence-corrected chi connectivity index (χ0v) is 12.3. The molecule has 4 nitrogen and oxygen atoms in total. The molecule has 1 aromatic rings. The number of rotatable bonds is 7. The van der Waals surface area contributed by atoms with E-state index in [2.05, 4.69) is 10.0 Å². The van der Waals surface area contributed by atoms with E-state index < -0.39 is 10.0 Å². The van der Waals surface area contributed by atoms with E-state index in [1.54, 1.807) is 0 Å². The van der Waals surface area contributed by atoms with E-state index in [0.29, 0.717) is 5.92 Å². The van der Waals surface area contributed by atoms with Gasteiger partial charge in [0.2, 0.25) is 10.0 Å². The van der Waals surface area contributed by atoms with Crippen molar-refractivity contribution in [2.75, 3.05) is 7.05 Å². The molecule has 1 aliphatic carbocycles. The Morgan fingerprint density at radius 2 is 1.79 bits per heavy atom. The highest BCUT2D eigenvalue weighted by Gasteiger charge is 2.30. The molecule has 1 aliphatic rings. The fraction of sp³-hybridized carbons (Fsp3) is 0.571. The minimum absolute atomic E-state index is 0.0594. The van der Waals surface area contributed by atoms with Crippen molar-refractivity contribution in [3.8, 4) is 0 Å². The van der Waals surface area contributed by atoms with Crippen molar-refractivity contribution in [1.82, 2.24) is 10.0 Å². The van der Waals surface area contributed by atoms with Gasteiger partial charge < -0.3 is 5.32 Å². The normalized spacial score (nSPS) is 17.4. The molecule has 1 aromatic carbocycles. The van der Waals surface area contributed by atoms with Gasteiger partial charge in [0, 0.05) is 12.6 Å². The Hall–Kier alpha value is -0.910. The predicted octanol–water partition coefficient (Wildman–Crippen LogP) is 1.62. The maximum atomic E-state index is 12.0. The monoisotopic (exact) mass is 282 g/mol. The van der Waals surface area contributed by atoms with E-state index in [-0.39, 0.29) is 11.8 Å². The molecule has 0 heterocycles. The van der Waals surface area contributed by atoms with Crippen molar-refractivity contribution in [3.63, 3.8) is 0 Å². The van der Waals surface area contributed by atoms with Crippen LogP contribution in [0, 0.1) is 5.92 Å². The van der Waals surface area contributed by atoms with Gasteiger partial charge in [0.05, 0.1) is 5.75 Å². The van der Waals surface area contributed by atoms with Gasteiger partial charge in [-0.25, -0.2) is 13.1 Å². The molecule has 0 amide bonds. The molecule has 0 aromatic heterocycles. The average Bonchev–Trinajstić information content (AvgIpc) is 3.15. The van der Waals surface area contributed by atoms with Crippen LogP contribution in [0.25, 0.3) is 0 Å². The van der Waals surface area contributed by atoms with Crippen LogP contribution in [0.5, 0.6) is 0 Å². The summed E-state index contributed by atoms with van der Waals surface area (Å²) in [6, 6.07) is 7.76. The first-order valence-electron chi connectivity index (χ1n) is 6.72. The van der Waals surface area contributed by atoms with Crippen molar-refractivity contribution >= 4 is 10.0 Å². The highest BCUT2D eigenvalue weighted by Crippen LogP contribution is 2.32. The van der Waals surface area contributed by atoms with Crippen LogP contribution in [0.3, 0.4) is 0 Å². The Labute approximate surface area is 115 Å². The fourth-order valence-corrected chi connectivity index (χ4v) is 3.67. The van der Waals surface area contributed by atoms with Crippen molar-refractivity contribution in [2.24, 2.45) is 5.92 Å². The Kier molecular flexibility index (Phi) is 4.60. The maximum Gasteiger partial charge on any atom is 0.216 e. The largest absolute Gasteiger partial charge is 0.316 e. The fourth-order valence-electron chi connectivity index (χ4n) is 2.19. The van der Waals surface area contributed by atoms with Gasteiger partial charge in [0.15, 0.2) is 0 Å². The van der Waals surface area contributed by atoms with Crippen LogP contribution >= 0.6 is 0 Å². The van der Waals surface area contributed by atoms with Crippen molar-refractivity contribution in [3.05, 3.63) is 35.4 Å². The van der Waals surface area contributed by atoms with Crippen LogP contribution in [0.4, 0.5) is 0 Å². The third kappa shape index (κ3) is 4.60. The highest BCUT2D eigenvalue weighted by atomic mass is 32.2. The van der Waals surface area contributed by atoms with E-state index in [1.807, 2.05) is 38.2 Å². The predicted molar refractivity (Wildman–Crippen MR) is 77.2 cm³/mol. The maximum absolute atomic E-state index is 12.0. The highest BCUT2D eigenvalue weighted by molar-refractivity contribution is 7.88. The van der Waals surface area contributed by atoms with Crippen LogP contribution < -0.4 is 10.0 Å². The van der Waals surface area contributed by atoms with E-state index in [1.165, 1.54) is 0 Å². The van der Waals surface area contributed by atoms with Gasteiger partial charge in [-0.2, -0.15) is 0 Å². The summed E-state index contributed by atoms with van der Waals surface area (Å²) < 4.78 is 26.8. The third-order valence-corrected chi connectivity index (χ3v) is 4.90. The number of hydrogen-bond donors (Lipinski definition) is 2. The molecule has 2 N–H and O–H groups in total. The first kappa shape index (κ1) is 14.5. The van der Waals surface area contributed by atoms with Crippen LogP contribution in [0.15, 0.2) is 24.3 Å². The zero-order chi connectivity index (χ0) is 13.9. The summed E-state index contributed by atoms with van der Waals surface area (Å²) in [5.41, 5.74) is 1.98. The molecule has 0 aliphatic heterocycles. The second kappa shape index (κ2) is 6.03. The van der Waals surface area contributed by atoms with Gasteiger partial charge in [-0.15, -0.1) is 0 Å². The molecule has 2 rings (SSSR count). The van der Waals surface area contributed by atoms with Gasteiger partial charge >= 0.3 is 0 Å². The molecular weight excluding hydrogens is 260 g/mol. The lowest BCUT2D eigenvalue weighted by Crippen LogP contribution is -2.34. The minimum atomic E-state index is -3.23. The lowest BCUT2D eigenvalue weighted by Gasteiger charge is -2.13. The second-order valence-corrected chi connectivity index (χ2v) is 7.10. The second-order valence-electron chi connectivity index (χ2n) is 5.35. The Balaban J connectivity index is 1.94. The number of sulfonamides is 1. The molecule has 106 valence electrons. The summed E-state index contributed by atoms with van der Waals surface area (Å²) in [5, 5.41) is 3.07. The SMILES string of the molecule is CNCc1ccc(CS(=O)(=O)NC(C)C2CC2)cc1. The zero-order valence-electron chi connectivity index (χ0n) is 11.5. The van der Waals surface area contributed by atoms with Crippen molar-refractivity contribution < 1.29 is 8.42 Å². The summed E-state index contributed by atoms with van der Waals surface area (Å²) in [7, 11) is -1.34. The summed E-state index contributed by atoms with van der Waals surface area (Å²) in [4.78, 5) is 0. The van der Waals surface area contributed by atoms with Gasteiger partial charge in [-0.3, -0.25) is 0 Å². The lowest BCUT2D eigenvalue weighted by atomic mass is 10.1. The molecule has 0 radical (unpaired) electrons. The Morgan fingerprint density at radius 1 is 1.21 bits per heavy atom. The number of hydrogen-bond acceptors (Lipinski definition) is 3. The number of benzene rings is 1. The molecular formula is C14H22N2O2S. The smallest absolute Gasteiger partial charge is 0.216 e. The van der Waals surface area contributed by atoms with Crippen LogP contribution in [-0.4, -0.2) is 21.5 Å². The molecule has 1 fully saturated rings. The van der Waals surface area contributed by atoms with Crippen LogP contribution in [0.2, 0.25) is 0 Å². The van der Waals surface area contributed by atoms with E-state index in [4.69, 9.17) is 0 Å². The first-order chi connectivity index (χ1) is 9.00. The summed E-state index contributed by atoms with van der Waals surface area (Å²) in [5.74, 6) is 0.594. The molecule has 0 saturated heterocycles. The molecule has 5 heteroatoms. The quantitative estimate of drug-likeness (QED) is 0.799. The molecule has 1 atom stereocenters. The standard InChI is InChI=1S/C14H22N2O2S/c1-11(14-7-8-14)16-19(17,18)10-13-5-3-12(4-6-13)9-15-2/h3-6,11,14-16H,7-10H2,1-2H3. The summed E-state index contributed by atoms with van der Waals surface area (Å²) in [6.07, 6.45) is 2.28. The molecule has 0 spiro atoms. The van der Waals surface area contributed by atoms with Crippen LogP contribution in [-0.2, 0) is 22.3 Å². The van der Waals surface area contributed by atoms with E-state index in [9.17, 15) is 8.42 Å². The van der Waals surface area contributed by atoms with E-state index >= 15 is 0 Å². The van der Waals surface area contributed by atoms with Gasteiger partial charge in [-0.1, -0.05) is 24.3 Å². The summed E-state index contributed by atoms with van der Waals surface area (Å²) >= 11 is 0. The van der Waals surface area contributed by atoms with Crippen molar-refractivity contribution in [1.29, 1.82) is 0 Å². The Morgan fingerprint density at radius 3 is 2.32 bits per heavy atom. The van der Waals surface area contributed by atoms with Gasteiger partial charge in [-0.05, 0) is 43.9 Å². The first-order valence-corrected chi connectivity index (χ1v) is 8.38. The average molecular weight is 282 g/mol. The Bertz CT molecular complexity index is 507. The topological polar surface area (TPSA) is 58.2 Å².